The van der Waals surface area contributed by atoms with E-state index in [-0.39, 0.29) is 17.6 Å². The molecule has 0 aromatic heterocycles. The maximum absolute atomic E-state index is 11.2. The molecule has 0 aliphatic carbocycles. The van der Waals surface area contributed by atoms with E-state index in [2.05, 4.69) is 0 Å². The Morgan fingerprint density at radius 3 is 2.50 bits per heavy atom. The molecule has 0 aliphatic heterocycles. The molecule has 0 aromatic rings. The summed E-state index contributed by atoms with van der Waals surface area (Å²) in [7, 11) is -1.46. The molecule has 0 heterocycles. The van der Waals surface area contributed by atoms with Crippen molar-refractivity contribution in [1.82, 2.24) is 0 Å². The lowest BCUT2D eigenvalue weighted by Crippen LogP contribution is -2.23. The molecule has 5 heteroatoms. The summed E-state index contributed by atoms with van der Waals surface area (Å²) in [6.07, 6.45) is 0.298. The fraction of sp³-hybridized carbons (Fsp3) is 1.00. The van der Waals surface area contributed by atoms with Gasteiger partial charge in [-0.05, 0) is 19.9 Å². The van der Waals surface area contributed by atoms with Gasteiger partial charge < -0.3 is 10.5 Å². The summed E-state index contributed by atoms with van der Waals surface area (Å²) in [5.41, 5.74) is 5.20. The average molecular weight is 195 g/mol. The van der Waals surface area contributed by atoms with Gasteiger partial charge in [0.05, 0.1) is 17.6 Å². The second-order valence-electron chi connectivity index (χ2n) is 2.80. The lowest BCUT2D eigenvalue weighted by atomic mass is 10.5. The van der Waals surface area contributed by atoms with Crippen LogP contribution in [-0.2, 0) is 14.6 Å². The molecular weight excluding hydrogens is 178 g/mol. The van der Waals surface area contributed by atoms with Crippen LogP contribution in [0.2, 0.25) is 0 Å². The zero-order valence-electron chi connectivity index (χ0n) is 7.62. The van der Waals surface area contributed by atoms with Crippen LogP contribution in [0.1, 0.15) is 13.3 Å². The van der Waals surface area contributed by atoms with Crippen LogP contribution in [-0.4, -0.2) is 39.7 Å². The van der Waals surface area contributed by atoms with E-state index < -0.39 is 9.84 Å². The van der Waals surface area contributed by atoms with Gasteiger partial charge in [-0.1, -0.05) is 0 Å². The monoisotopic (exact) mass is 195 g/mol. The highest BCUT2D eigenvalue weighted by Gasteiger charge is 2.14. The van der Waals surface area contributed by atoms with Crippen LogP contribution in [0, 0.1) is 0 Å². The van der Waals surface area contributed by atoms with Gasteiger partial charge in [0.1, 0.15) is 0 Å². The summed E-state index contributed by atoms with van der Waals surface area (Å²) in [4.78, 5) is 0. The summed E-state index contributed by atoms with van der Waals surface area (Å²) in [5.74, 6) is 0.251. The molecule has 4 nitrogen and oxygen atoms in total. The Bertz CT molecular complexity index is 201. The third-order valence-corrected chi connectivity index (χ3v) is 3.44. The Hall–Kier alpha value is -0.130. The molecule has 0 spiro atoms. The molecule has 0 saturated carbocycles. The lowest BCUT2D eigenvalue weighted by Gasteiger charge is -2.09. The number of methoxy groups -OCH3 is 1. The molecule has 0 aliphatic rings. The highest BCUT2D eigenvalue weighted by atomic mass is 32.2. The Labute approximate surface area is 74.0 Å². The Morgan fingerprint density at radius 2 is 2.08 bits per heavy atom. The van der Waals surface area contributed by atoms with Gasteiger partial charge >= 0.3 is 0 Å². The molecular formula is C7H17NO3S. The van der Waals surface area contributed by atoms with E-state index in [1.54, 1.807) is 6.92 Å². The summed E-state index contributed by atoms with van der Waals surface area (Å²) in [6, 6.07) is 0. The number of ether oxygens (including phenoxy) is 1. The highest BCUT2D eigenvalue weighted by molar-refractivity contribution is 7.91. The van der Waals surface area contributed by atoms with Crippen LogP contribution < -0.4 is 5.73 Å². The fourth-order valence-corrected chi connectivity index (χ4v) is 2.44. The zero-order chi connectivity index (χ0) is 9.61. The van der Waals surface area contributed by atoms with Crippen LogP contribution >= 0.6 is 0 Å². The van der Waals surface area contributed by atoms with Gasteiger partial charge in [0.15, 0.2) is 9.84 Å². The molecule has 0 rings (SSSR count). The van der Waals surface area contributed by atoms with Crippen molar-refractivity contribution in [3.63, 3.8) is 0 Å². The van der Waals surface area contributed by atoms with E-state index in [9.17, 15) is 8.42 Å². The standard InChI is InChI=1S/C7H17NO3S/c1-7(11-2)6-12(9,10)5-3-4-8/h7H,3-6,8H2,1-2H3. The van der Waals surface area contributed by atoms with Crippen LogP contribution in [0.15, 0.2) is 0 Å². The Morgan fingerprint density at radius 1 is 1.50 bits per heavy atom. The van der Waals surface area contributed by atoms with E-state index >= 15 is 0 Å². The maximum Gasteiger partial charge on any atom is 0.152 e. The first-order chi connectivity index (χ1) is 5.52. The van der Waals surface area contributed by atoms with E-state index in [1.807, 2.05) is 0 Å². The first-order valence-electron chi connectivity index (χ1n) is 3.95. The smallest absolute Gasteiger partial charge is 0.152 e. The van der Waals surface area contributed by atoms with Crippen molar-refractivity contribution in [1.29, 1.82) is 0 Å². The molecule has 74 valence electrons. The minimum Gasteiger partial charge on any atom is -0.381 e. The van der Waals surface area contributed by atoms with Crippen molar-refractivity contribution < 1.29 is 13.2 Å². The van der Waals surface area contributed by atoms with Crippen LogP contribution in [0.25, 0.3) is 0 Å². The quantitative estimate of drug-likeness (QED) is 0.636. The fourth-order valence-electron chi connectivity index (χ4n) is 0.812. The van der Waals surface area contributed by atoms with Gasteiger partial charge in [0, 0.05) is 7.11 Å². The Kier molecular flexibility index (Phi) is 5.44. The molecule has 0 fully saturated rings. The van der Waals surface area contributed by atoms with Crippen molar-refractivity contribution in [2.24, 2.45) is 5.73 Å². The SMILES string of the molecule is COC(C)CS(=O)(=O)CCCN. The van der Waals surface area contributed by atoms with Gasteiger partial charge in [-0.3, -0.25) is 0 Å². The van der Waals surface area contributed by atoms with E-state index in [1.165, 1.54) is 7.11 Å². The second kappa shape index (κ2) is 5.50. The number of hydrogen-bond acceptors (Lipinski definition) is 4. The van der Waals surface area contributed by atoms with Gasteiger partial charge in [-0.15, -0.1) is 0 Å². The van der Waals surface area contributed by atoms with Crippen molar-refractivity contribution in [3.8, 4) is 0 Å². The highest BCUT2D eigenvalue weighted by Crippen LogP contribution is 1.99. The topological polar surface area (TPSA) is 69.4 Å². The molecule has 0 radical (unpaired) electrons. The molecule has 12 heavy (non-hydrogen) atoms. The number of rotatable bonds is 6. The largest absolute Gasteiger partial charge is 0.381 e. The molecule has 0 saturated heterocycles. The first-order valence-corrected chi connectivity index (χ1v) is 5.77. The van der Waals surface area contributed by atoms with Gasteiger partial charge in [-0.25, -0.2) is 8.42 Å². The molecule has 0 bridgehead atoms. The van der Waals surface area contributed by atoms with Crippen molar-refractivity contribution in [2.45, 2.75) is 19.4 Å². The average Bonchev–Trinajstić information content (AvgIpc) is 2.00. The third-order valence-electron chi connectivity index (χ3n) is 1.55. The maximum atomic E-state index is 11.2. The molecule has 0 amide bonds. The number of sulfone groups is 1. The lowest BCUT2D eigenvalue weighted by molar-refractivity contribution is 0.136. The summed E-state index contributed by atoms with van der Waals surface area (Å²) < 4.78 is 27.3. The van der Waals surface area contributed by atoms with Crippen molar-refractivity contribution in [2.75, 3.05) is 25.2 Å². The summed E-state index contributed by atoms with van der Waals surface area (Å²) >= 11 is 0. The van der Waals surface area contributed by atoms with Crippen LogP contribution in [0.4, 0.5) is 0 Å². The minimum absolute atomic E-state index is 0.0868. The predicted molar refractivity (Wildman–Crippen MR) is 48.8 cm³/mol. The summed E-state index contributed by atoms with van der Waals surface area (Å²) in [6.45, 7) is 2.15. The Balaban J connectivity index is 3.88. The van der Waals surface area contributed by atoms with Crippen LogP contribution in [0.5, 0.6) is 0 Å². The van der Waals surface area contributed by atoms with E-state index in [4.69, 9.17) is 10.5 Å². The molecule has 1 atom stereocenters. The first kappa shape index (κ1) is 11.9. The number of nitrogens with two attached hydrogens (primary N) is 1. The van der Waals surface area contributed by atoms with Crippen molar-refractivity contribution >= 4 is 9.84 Å². The van der Waals surface area contributed by atoms with Gasteiger partial charge in [0.25, 0.3) is 0 Å². The normalized spacial score (nSPS) is 14.6. The van der Waals surface area contributed by atoms with E-state index in [0.717, 1.165) is 0 Å². The molecule has 1 unspecified atom stereocenters. The van der Waals surface area contributed by atoms with Crippen molar-refractivity contribution in [3.05, 3.63) is 0 Å². The third kappa shape index (κ3) is 5.51. The molecule has 0 aromatic carbocycles. The van der Waals surface area contributed by atoms with E-state index in [0.29, 0.717) is 13.0 Å². The molecule has 2 N–H and O–H groups in total. The minimum atomic E-state index is -2.96. The zero-order valence-corrected chi connectivity index (χ0v) is 8.43. The van der Waals surface area contributed by atoms with Gasteiger partial charge in [-0.2, -0.15) is 0 Å². The number of hydrogen-bond donors (Lipinski definition) is 1. The van der Waals surface area contributed by atoms with Gasteiger partial charge in [0.2, 0.25) is 0 Å². The second-order valence-corrected chi connectivity index (χ2v) is 5.03. The van der Waals surface area contributed by atoms with Crippen LogP contribution in [0.3, 0.4) is 0 Å². The summed E-state index contributed by atoms with van der Waals surface area (Å²) in [5, 5.41) is 0. The predicted octanol–water partition coefficient (Wildman–Crippen LogP) is -0.215.